The van der Waals surface area contributed by atoms with Crippen molar-refractivity contribution in [1.82, 2.24) is 0 Å². The molecule has 0 aromatic carbocycles. The molecular formula is C18H30O6. The lowest BCUT2D eigenvalue weighted by Gasteiger charge is -2.41. The van der Waals surface area contributed by atoms with Gasteiger partial charge in [-0.25, -0.2) is 0 Å². The van der Waals surface area contributed by atoms with Crippen LogP contribution >= 0.6 is 0 Å². The summed E-state index contributed by atoms with van der Waals surface area (Å²) < 4.78 is 11.0. The van der Waals surface area contributed by atoms with Crippen molar-refractivity contribution in [1.29, 1.82) is 0 Å². The molecular weight excluding hydrogens is 312 g/mol. The van der Waals surface area contributed by atoms with Gasteiger partial charge in [0.15, 0.2) is 0 Å². The molecule has 0 bridgehead atoms. The molecule has 138 valence electrons. The summed E-state index contributed by atoms with van der Waals surface area (Å²) in [5.74, 6) is -0.610. The maximum absolute atomic E-state index is 11.7. The second kappa shape index (κ2) is 8.81. The number of aliphatic hydroxyl groups excluding tert-OH is 1. The molecule has 24 heavy (non-hydrogen) atoms. The Balaban J connectivity index is 1.92. The molecule has 2 aliphatic rings. The minimum atomic E-state index is -1.18. The molecule has 2 N–H and O–H groups in total. The number of aliphatic carboxylic acids is 1. The van der Waals surface area contributed by atoms with Gasteiger partial charge in [-0.1, -0.05) is 19.8 Å². The van der Waals surface area contributed by atoms with Crippen molar-refractivity contribution in [2.45, 2.75) is 71.2 Å². The number of rotatable bonds is 6. The van der Waals surface area contributed by atoms with Gasteiger partial charge in [-0.3, -0.25) is 9.59 Å². The molecule has 6 nitrogen and oxygen atoms in total. The number of carbonyl (C=O) groups excluding carboxylic acids is 1. The van der Waals surface area contributed by atoms with Crippen LogP contribution in [0.15, 0.2) is 0 Å². The maximum atomic E-state index is 11.7. The fraction of sp³-hybridized carbons (Fsp3) is 0.889. The van der Waals surface area contributed by atoms with E-state index in [2.05, 4.69) is 6.92 Å². The fourth-order valence-electron chi connectivity index (χ4n) is 4.19. The first-order valence-electron chi connectivity index (χ1n) is 9.09. The Labute approximate surface area is 143 Å². The molecule has 0 aromatic rings. The molecule has 0 radical (unpaired) electrons. The predicted octanol–water partition coefficient (Wildman–Crippen LogP) is 2.58. The summed E-state index contributed by atoms with van der Waals surface area (Å²) in [6, 6.07) is 0. The summed E-state index contributed by atoms with van der Waals surface area (Å²) >= 11 is 0. The first kappa shape index (κ1) is 19.2. The maximum Gasteiger partial charge on any atom is 0.308 e. The number of carboxylic acid groups (broad SMARTS) is 1. The van der Waals surface area contributed by atoms with Gasteiger partial charge in [0.1, 0.15) is 0 Å². The number of ether oxygens (including phenoxy) is 2. The Morgan fingerprint density at radius 3 is 2.67 bits per heavy atom. The molecule has 1 saturated carbocycles. The average molecular weight is 342 g/mol. The molecule has 6 heteroatoms. The van der Waals surface area contributed by atoms with Gasteiger partial charge >= 0.3 is 11.9 Å². The van der Waals surface area contributed by atoms with Crippen LogP contribution in [0.5, 0.6) is 0 Å². The van der Waals surface area contributed by atoms with Crippen molar-refractivity contribution >= 4 is 11.9 Å². The van der Waals surface area contributed by atoms with E-state index in [4.69, 9.17) is 14.6 Å². The highest BCUT2D eigenvalue weighted by molar-refractivity contribution is 5.76. The zero-order valence-electron chi connectivity index (χ0n) is 14.6. The van der Waals surface area contributed by atoms with Gasteiger partial charge in [-0.05, 0) is 43.9 Å². The first-order chi connectivity index (χ1) is 11.4. The third-order valence-electron chi connectivity index (χ3n) is 5.71. The highest BCUT2D eigenvalue weighted by Gasteiger charge is 2.40. The van der Waals surface area contributed by atoms with E-state index < -0.39 is 18.2 Å². The number of hydrogen-bond donors (Lipinski definition) is 2. The van der Waals surface area contributed by atoms with Gasteiger partial charge < -0.3 is 19.7 Å². The van der Waals surface area contributed by atoms with Crippen molar-refractivity contribution in [3.05, 3.63) is 0 Å². The van der Waals surface area contributed by atoms with Crippen LogP contribution in [0.25, 0.3) is 0 Å². The van der Waals surface area contributed by atoms with Crippen LogP contribution < -0.4 is 0 Å². The lowest BCUT2D eigenvalue weighted by molar-refractivity contribution is -0.184. The molecule has 0 amide bonds. The van der Waals surface area contributed by atoms with Crippen LogP contribution in [0.4, 0.5) is 0 Å². The summed E-state index contributed by atoms with van der Waals surface area (Å²) in [7, 11) is 0. The fourth-order valence-corrected chi connectivity index (χ4v) is 4.19. The number of aliphatic hydroxyl groups is 1. The van der Waals surface area contributed by atoms with Gasteiger partial charge in [0, 0.05) is 5.92 Å². The second-order valence-corrected chi connectivity index (χ2v) is 7.37. The lowest BCUT2D eigenvalue weighted by Crippen LogP contribution is -2.40. The SMILES string of the molecule is CC1CCC2CCCC(C(C)C(O)OC(=O)CCC(=O)O)C2CO1. The summed E-state index contributed by atoms with van der Waals surface area (Å²) in [6.07, 6.45) is 4.18. The van der Waals surface area contributed by atoms with Gasteiger partial charge in [-0.2, -0.15) is 0 Å². The predicted molar refractivity (Wildman–Crippen MR) is 87.1 cm³/mol. The van der Waals surface area contributed by atoms with Gasteiger partial charge in [-0.15, -0.1) is 0 Å². The van der Waals surface area contributed by atoms with Gasteiger partial charge in [0.25, 0.3) is 0 Å². The van der Waals surface area contributed by atoms with Crippen molar-refractivity contribution in [3.63, 3.8) is 0 Å². The van der Waals surface area contributed by atoms with Crippen molar-refractivity contribution < 1.29 is 29.3 Å². The second-order valence-electron chi connectivity index (χ2n) is 7.37. The number of carboxylic acids is 1. The molecule has 2 fully saturated rings. The zero-order chi connectivity index (χ0) is 17.7. The van der Waals surface area contributed by atoms with E-state index in [1.165, 1.54) is 6.42 Å². The normalized spacial score (nSPS) is 33.0. The van der Waals surface area contributed by atoms with Crippen molar-refractivity contribution in [3.8, 4) is 0 Å². The van der Waals surface area contributed by atoms with Crippen LogP contribution in [0.3, 0.4) is 0 Å². The van der Waals surface area contributed by atoms with Crippen molar-refractivity contribution in [2.75, 3.05) is 6.61 Å². The minimum absolute atomic E-state index is 0.177. The van der Waals surface area contributed by atoms with E-state index in [1.807, 2.05) is 6.92 Å². The summed E-state index contributed by atoms with van der Waals surface area (Å²) in [5, 5.41) is 18.9. The lowest BCUT2D eigenvalue weighted by atomic mass is 9.66. The quantitative estimate of drug-likeness (QED) is 0.569. The third-order valence-corrected chi connectivity index (χ3v) is 5.71. The minimum Gasteiger partial charge on any atom is -0.481 e. The average Bonchev–Trinajstić information content (AvgIpc) is 2.74. The summed E-state index contributed by atoms with van der Waals surface area (Å²) in [5.41, 5.74) is 0. The van der Waals surface area contributed by atoms with Crippen LogP contribution in [-0.2, 0) is 19.1 Å². The molecule has 0 aromatic heterocycles. The highest BCUT2D eigenvalue weighted by atomic mass is 16.6. The molecule has 1 saturated heterocycles. The largest absolute Gasteiger partial charge is 0.481 e. The Morgan fingerprint density at radius 2 is 1.96 bits per heavy atom. The summed E-state index contributed by atoms with van der Waals surface area (Å²) in [4.78, 5) is 22.2. The van der Waals surface area contributed by atoms with Crippen molar-refractivity contribution in [2.24, 2.45) is 23.7 Å². The number of carbonyl (C=O) groups is 2. The molecule has 6 atom stereocenters. The van der Waals surface area contributed by atoms with E-state index in [0.717, 1.165) is 25.7 Å². The molecule has 1 aliphatic heterocycles. The molecule has 0 spiro atoms. The number of esters is 1. The summed E-state index contributed by atoms with van der Waals surface area (Å²) in [6.45, 7) is 4.73. The van der Waals surface area contributed by atoms with Gasteiger partial charge in [0.05, 0.1) is 25.6 Å². The number of hydrogen-bond acceptors (Lipinski definition) is 5. The highest BCUT2D eigenvalue weighted by Crippen LogP contribution is 2.44. The standard InChI is InChI=1S/C18H30O6/c1-11-6-7-13-4-3-5-14(15(13)10-23-11)12(2)18(22)24-17(21)9-8-16(19)20/h11-15,18,22H,3-10H2,1-2H3,(H,19,20). The van der Waals surface area contributed by atoms with E-state index >= 15 is 0 Å². The van der Waals surface area contributed by atoms with E-state index in [1.54, 1.807) is 0 Å². The Morgan fingerprint density at radius 1 is 1.21 bits per heavy atom. The van der Waals surface area contributed by atoms with Crippen LogP contribution in [0, 0.1) is 23.7 Å². The first-order valence-corrected chi connectivity index (χ1v) is 9.09. The van der Waals surface area contributed by atoms with Crippen LogP contribution in [-0.4, -0.2) is 41.2 Å². The molecule has 6 unspecified atom stereocenters. The monoisotopic (exact) mass is 342 g/mol. The van der Waals surface area contributed by atoms with Crippen LogP contribution in [0.2, 0.25) is 0 Å². The molecule has 1 aliphatic carbocycles. The molecule has 2 rings (SSSR count). The Bertz CT molecular complexity index is 437. The zero-order valence-corrected chi connectivity index (χ0v) is 14.6. The van der Waals surface area contributed by atoms with E-state index in [-0.39, 0.29) is 30.8 Å². The van der Waals surface area contributed by atoms with E-state index in [0.29, 0.717) is 18.4 Å². The Hall–Kier alpha value is -1.14. The molecule has 1 heterocycles. The Kier molecular flexibility index (Phi) is 7.04. The van der Waals surface area contributed by atoms with Crippen LogP contribution in [0.1, 0.15) is 58.8 Å². The van der Waals surface area contributed by atoms with E-state index in [9.17, 15) is 14.7 Å². The smallest absolute Gasteiger partial charge is 0.308 e. The third kappa shape index (κ3) is 5.18. The topological polar surface area (TPSA) is 93.1 Å². The van der Waals surface area contributed by atoms with Gasteiger partial charge in [0.2, 0.25) is 6.29 Å². The number of fused-ring (bicyclic) bond motifs is 1.